The summed E-state index contributed by atoms with van der Waals surface area (Å²) < 4.78 is 5.29. The number of nitrogens with zero attached hydrogens (tertiary/aromatic N) is 2. The Bertz CT molecular complexity index is 972. The highest BCUT2D eigenvalue weighted by Gasteiger charge is 2.10. The van der Waals surface area contributed by atoms with E-state index < -0.39 is 0 Å². The first kappa shape index (κ1) is 18.7. The summed E-state index contributed by atoms with van der Waals surface area (Å²) in [5.41, 5.74) is 9.85. The van der Waals surface area contributed by atoms with E-state index in [0.29, 0.717) is 27.0 Å². The van der Waals surface area contributed by atoms with Crippen molar-refractivity contribution < 1.29 is 9.53 Å². The van der Waals surface area contributed by atoms with Crippen LogP contribution in [0.4, 0.5) is 16.5 Å². The van der Waals surface area contributed by atoms with E-state index >= 15 is 0 Å². The number of amides is 1. The molecule has 3 aromatic rings. The quantitative estimate of drug-likeness (QED) is 0.330. The van der Waals surface area contributed by atoms with Gasteiger partial charge in [-0.15, -0.1) is 0 Å². The lowest BCUT2D eigenvalue weighted by Gasteiger charge is -2.07. The molecule has 0 radical (unpaired) electrons. The lowest BCUT2D eigenvalue weighted by molar-refractivity contribution is 0.0955. The van der Waals surface area contributed by atoms with Gasteiger partial charge in [0.25, 0.3) is 5.91 Å². The van der Waals surface area contributed by atoms with Crippen molar-refractivity contribution in [2.45, 2.75) is 0 Å². The van der Waals surface area contributed by atoms with E-state index in [0.717, 1.165) is 5.69 Å². The monoisotopic (exact) mass is 401 g/mol. The van der Waals surface area contributed by atoms with Gasteiger partial charge in [-0.3, -0.25) is 4.79 Å². The summed E-state index contributed by atoms with van der Waals surface area (Å²) >= 11 is 7.44. The molecule has 0 saturated carbocycles. The van der Waals surface area contributed by atoms with Crippen molar-refractivity contribution in [1.29, 1.82) is 0 Å². The molecule has 7 nitrogen and oxygen atoms in total. The van der Waals surface area contributed by atoms with Crippen LogP contribution in [0.25, 0.3) is 0 Å². The Morgan fingerprint density at radius 2 is 2.00 bits per heavy atom. The molecule has 27 heavy (non-hydrogen) atoms. The number of carbonyl (C=O) groups is 1. The minimum atomic E-state index is -0.348. The first-order valence-electron chi connectivity index (χ1n) is 7.82. The summed E-state index contributed by atoms with van der Waals surface area (Å²) in [7, 11) is 1.59. The smallest absolute Gasteiger partial charge is 0.271 e. The Labute approximate surface area is 164 Å². The van der Waals surface area contributed by atoms with E-state index in [2.05, 4.69) is 20.8 Å². The summed E-state index contributed by atoms with van der Waals surface area (Å²) in [6.45, 7) is 0. The number of anilines is 3. The molecule has 0 bridgehead atoms. The number of carbonyl (C=O) groups excluding carboxylic acids is 1. The number of rotatable bonds is 6. The van der Waals surface area contributed by atoms with Crippen molar-refractivity contribution in [3.05, 3.63) is 64.1 Å². The van der Waals surface area contributed by atoms with E-state index in [1.165, 1.54) is 17.6 Å². The maximum absolute atomic E-state index is 12.0. The number of nitrogen functional groups attached to an aromatic ring is 1. The van der Waals surface area contributed by atoms with Gasteiger partial charge in [0.15, 0.2) is 10.3 Å². The Kier molecular flexibility index (Phi) is 5.90. The highest BCUT2D eigenvalue weighted by molar-refractivity contribution is 7.17. The van der Waals surface area contributed by atoms with E-state index in [-0.39, 0.29) is 11.1 Å². The molecule has 3 rings (SSSR count). The second-order valence-corrected chi connectivity index (χ2v) is 6.71. The highest BCUT2D eigenvalue weighted by atomic mass is 35.5. The summed E-state index contributed by atoms with van der Waals surface area (Å²) in [5.74, 6) is 0.342. The van der Waals surface area contributed by atoms with Gasteiger partial charge < -0.3 is 15.8 Å². The van der Waals surface area contributed by atoms with Crippen LogP contribution in [-0.2, 0) is 0 Å². The fraction of sp³-hybridized carbons (Fsp3) is 0.0556. The molecule has 1 heterocycles. The third-order valence-corrected chi connectivity index (χ3v) is 4.78. The van der Waals surface area contributed by atoms with Crippen LogP contribution >= 0.6 is 22.9 Å². The second kappa shape index (κ2) is 8.52. The number of aromatic nitrogens is 1. The van der Waals surface area contributed by atoms with Gasteiger partial charge in [-0.25, -0.2) is 10.4 Å². The van der Waals surface area contributed by atoms with Crippen molar-refractivity contribution >= 4 is 51.6 Å². The molecule has 0 unspecified atom stereocenters. The van der Waals surface area contributed by atoms with Crippen molar-refractivity contribution in [3.63, 3.8) is 0 Å². The number of nitrogens with two attached hydrogens (primary N) is 1. The molecule has 0 saturated heterocycles. The van der Waals surface area contributed by atoms with Gasteiger partial charge >= 0.3 is 0 Å². The number of benzene rings is 2. The molecular weight excluding hydrogens is 386 g/mol. The molecule has 2 aromatic carbocycles. The van der Waals surface area contributed by atoms with Gasteiger partial charge in [0.05, 0.1) is 23.9 Å². The largest absolute Gasteiger partial charge is 0.495 e. The number of hydrogen-bond acceptors (Lipinski definition) is 7. The van der Waals surface area contributed by atoms with Gasteiger partial charge in [0, 0.05) is 11.3 Å². The fourth-order valence-corrected chi connectivity index (χ4v) is 3.20. The maximum atomic E-state index is 12.0. The van der Waals surface area contributed by atoms with Crippen molar-refractivity contribution in [2.24, 2.45) is 5.10 Å². The van der Waals surface area contributed by atoms with Gasteiger partial charge in [0.1, 0.15) is 5.75 Å². The molecule has 1 aromatic heterocycles. The van der Waals surface area contributed by atoms with Crippen molar-refractivity contribution in [2.75, 3.05) is 18.2 Å². The van der Waals surface area contributed by atoms with E-state index in [1.807, 2.05) is 24.3 Å². The molecule has 138 valence electrons. The van der Waals surface area contributed by atoms with E-state index in [1.54, 1.807) is 31.4 Å². The summed E-state index contributed by atoms with van der Waals surface area (Å²) in [4.78, 5) is 16.9. The minimum Gasteiger partial charge on any atom is -0.495 e. The summed E-state index contributed by atoms with van der Waals surface area (Å²) in [6, 6.07) is 14.0. The number of ether oxygens (including phenoxy) is 1. The van der Waals surface area contributed by atoms with Gasteiger partial charge in [-0.05, 0) is 36.4 Å². The SMILES string of the molecule is COc1ccccc1Nc1nc(Cl)c(/C=N/NC(=O)c2ccc(N)cc2)s1. The van der Waals surface area contributed by atoms with Crippen LogP contribution in [0.5, 0.6) is 5.75 Å². The zero-order valence-corrected chi connectivity index (χ0v) is 15.8. The number of para-hydroxylation sites is 2. The lowest BCUT2D eigenvalue weighted by Crippen LogP contribution is -2.17. The average molecular weight is 402 g/mol. The topological polar surface area (TPSA) is 102 Å². The second-order valence-electron chi connectivity index (χ2n) is 5.32. The van der Waals surface area contributed by atoms with Crippen LogP contribution in [0.2, 0.25) is 5.15 Å². The number of hydrogen-bond donors (Lipinski definition) is 3. The van der Waals surface area contributed by atoms with Crippen LogP contribution < -0.4 is 21.2 Å². The summed E-state index contributed by atoms with van der Waals surface area (Å²) in [5, 5.41) is 7.94. The molecule has 0 aliphatic rings. The van der Waals surface area contributed by atoms with Crippen LogP contribution in [0.15, 0.2) is 53.6 Å². The molecule has 0 aliphatic carbocycles. The molecule has 1 amide bonds. The van der Waals surface area contributed by atoms with E-state index in [9.17, 15) is 4.79 Å². The number of hydrazone groups is 1. The highest BCUT2D eigenvalue weighted by Crippen LogP contribution is 2.31. The molecule has 0 atom stereocenters. The fourth-order valence-electron chi connectivity index (χ4n) is 2.16. The molecule has 9 heteroatoms. The Morgan fingerprint density at radius 3 is 2.74 bits per heavy atom. The molecule has 4 N–H and O–H groups in total. The van der Waals surface area contributed by atoms with Crippen molar-refractivity contribution in [1.82, 2.24) is 10.4 Å². The number of halogens is 1. The first-order chi connectivity index (χ1) is 13.1. The Hall–Kier alpha value is -3.10. The molecule has 0 fully saturated rings. The third-order valence-electron chi connectivity index (χ3n) is 3.48. The lowest BCUT2D eigenvalue weighted by atomic mass is 10.2. The Balaban J connectivity index is 1.66. The zero-order chi connectivity index (χ0) is 19.2. The molecular formula is C18H16ClN5O2S. The average Bonchev–Trinajstić information content (AvgIpc) is 3.02. The van der Waals surface area contributed by atoms with Gasteiger partial charge in [-0.1, -0.05) is 35.1 Å². The van der Waals surface area contributed by atoms with Gasteiger partial charge in [-0.2, -0.15) is 5.10 Å². The minimum absolute atomic E-state index is 0.280. The number of nitrogens with one attached hydrogen (secondary N) is 2. The standard InChI is InChI=1S/C18H16ClN5O2S/c1-26-14-5-3-2-4-13(14)22-18-23-16(19)15(27-18)10-21-24-17(25)11-6-8-12(20)9-7-11/h2-10H,20H2,1H3,(H,22,23)(H,24,25)/b21-10+. The summed E-state index contributed by atoms with van der Waals surface area (Å²) in [6.07, 6.45) is 1.45. The predicted molar refractivity (Wildman–Crippen MR) is 109 cm³/mol. The predicted octanol–water partition coefficient (Wildman–Crippen LogP) is 3.89. The third kappa shape index (κ3) is 4.75. The number of methoxy groups -OCH3 is 1. The first-order valence-corrected chi connectivity index (χ1v) is 9.01. The molecule has 0 aliphatic heterocycles. The number of thiazole rings is 1. The van der Waals surface area contributed by atoms with E-state index in [4.69, 9.17) is 22.1 Å². The maximum Gasteiger partial charge on any atom is 0.271 e. The molecule has 0 spiro atoms. The van der Waals surface area contributed by atoms with Crippen LogP contribution in [0, 0.1) is 0 Å². The zero-order valence-electron chi connectivity index (χ0n) is 14.3. The van der Waals surface area contributed by atoms with Crippen LogP contribution in [-0.4, -0.2) is 24.2 Å². The van der Waals surface area contributed by atoms with Crippen LogP contribution in [0.1, 0.15) is 15.2 Å². The van der Waals surface area contributed by atoms with Crippen molar-refractivity contribution in [3.8, 4) is 5.75 Å². The van der Waals surface area contributed by atoms with Crippen LogP contribution in [0.3, 0.4) is 0 Å². The normalized spacial score (nSPS) is 10.7. The van der Waals surface area contributed by atoms with Gasteiger partial charge in [0.2, 0.25) is 0 Å². The Morgan fingerprint density at radius 1 is 1.26 bits per heavy atom.